The molecule has 2 aliphatic rings. The van der Waals surface area contributed by atoms with Gasteiger partial charge in [-0.1, -0.05) is 84.0 Å². The largest absolute Gasteiger partial charge is 0.260 e. The van der Waals surface area contributed by atoms with Crippen LogP contribution < -0.4 is 0 Å². The fraction of sp³-hybridized carbons (Fsp3) is 0.400. The topological polar surface area (TPSA) is 12.9 Å². The van der Waals surface area contributed by atoms with Crippen molar-refractivity contribution >= 4 is 12.2 Å². The Bertz CT molecular complexity index is 781. The highest BCUT2D eigenvalue weighted by Gasteiger charge is 2.17. The minimum atomic E-state index is 0.207. The maximum Gasteiger partial charge on any atom is 0.0513 e. The average molecular weight is 346 g/mol. The molecule has 4 rings (SSSR count). The molecule has 26 heavy (non-hydrogen) atoms. The summed E-state index contributed by atoms with van der Waals surface area (Å²) >= 11 is 0. The lowest BCUT2D eigenvalue weighted by atomic mass is 9.85. The van der Waals surface area contributed by atoms with Gasteiger partial charge in [0.2, 0.25) is 0 Å². The minimum Gasteiger partial charge on any atom is -0.260 e. The van der Waals surface area contributed by atoms with E-state index < -0.39 is 0 Å². The molecule has 0 aliphatic heterocycles. The molecule has 136 valence electrons. The second-order valence-electron chi connectivity index (χ2n) is 9.39. The second-order valence-corrected chi connectivity index (χ2v) is 9.39. The van der Waals surface area contributed by atoms with Crippen LogP contribution in [0.3, 0.4) is 0 Å². The monoisotopic (exact) mass is 345 g/mol. The minimum absolute atomic E-state index is 0.207. The smallest absolute Gasteiger partial charge is 0.0513 e. The molecule has 2 aliphatic carbocycles. The lowest BCUT2D eigenvalue weighted by Gasteiger charge is -2.19. The maximum atomic E-state index is 4.46. The Morgan fingerprint density at radius 3 is 2.04 bits per heavy atom. The predicted octanol–water partition coefficient (Wildman–Crippen LogP) is 6.50. The third-order valence-electron chi connectivity index (χ3n) is 5.13. The van der Waals surface area contributed by atoms with Crippen molar-refractivity contribution in [3.63, 3.8) is 0 Å². The molecular formula is C25H31N. The van der Waals surface area contributed by atoms with Crippen molar-refractivity contribution in [1.82, 2.24) is 4.98 Å². The summed E-state index contributed by atoms with van der Waals surface area (Å²) < 4.78 is 0. The van der Waals surface area contributed by atoms with E-state index in [1.54, 1.807) is 0 Å². The fourth-order valence-electron chi connectivity index (χ4n) is 3.25. The van der Waals surface area contributed by atoms with Crippen molar-refractivity contribution in [1.29, 1.82) is 0 Å². The van der Waals surface area contributed by atoms with Crippen LogP contribution in [-0.2, 0) is 23.7 Å². The van der Waals surface area contributed by atoms with E-state index >= 15 is 0 Å². The zero-order valence-electron chi connectivity index (χ0n) is 17.1. The van der Waals surface area contributed by atoms with E-state index in [0.717, 1.165) is 12.8 Å². The Labute approximate surface area is 158 Å². The average Bonchev–Trinajstić information content (AvgIpc) is 3.21. The quantitative estimate of drug-likeness (QED) is 0.531. The summed E-state index contributed by atoms with van der Waals surface area (Å²) in [6.45, 7) is 13.4. The maximum absolute atomic E-state index is 4.46. The van der Waals surface area contributed by atoms with E-state index in [1.165, 1.54) is 33.5 Å². The molecule has 1 aromatic carbocycles. The fourth-order valence-corrected chi connectivity index (χ4v) is 3.25. The first-order chi connectivity index (χ1) is 12.1. The molecule has 0 bridgehead atoms. The van der Waals surface area contributed by atoms with Crippen LogP contribution in [0.5, 0.6) is 0 Å². The van der Waals surface area contributed by atoms with Crippen LogP contribution in [0.25, 0.3) is 12.2 Å². The van der Waals surface area contributed by atoms with Gasteiger partial charge in [-0.25, -0.2) is 0 Å². The van der Waals surface area contributed by atoms with Gasteiger partial charge in [-0.3, -0.25) is 4.98 Å². The molecule has 0 spiro atoms. The van der Waals surface area contributed by atoms with E-state index in [9.17, 15) is 0 Å². The number of fused-ring (bicyclic) bond motifs is 2. The Morgan fingerprint density at radius 2 is 1.35 bits per heavy atom. The van der Waals surface area contributed by atoms with E-state index in [2.05, 4.69) is 95.1 Å². The summed E-state index contributed by atoms with van der Waals surface area (Å²) in [7, 11) is 0. The molecule has 0 saturated heterocycles. The molecule has 0 unspecified atom stereocenters. The summed E-state index contributed by atoms with van der Waals surface area (Å²) in [6.07, 6.45) is 12.9. The lowest BCUT2D eigenvalue weighted by Crippen LogP contribution is -2.12. The van der Waals surface area contributed by atoms with Gasteiger partial charge in [0.05, 0.1) is 5.69 Å². The van der Waals surface area contributed by atoms with Crippen LogP contribution in [0.2, 0.25) is 0 Å². The molecule has 1 nitrogen and oxygen atoms in total. The van der Waals surface area contributed by atoms with Crippen molar-refractivity contribution in [2.24, 2.45) is 0 Å². The van der Waals surface area contributed by atoms with Crippen LogP contribution in [0.1, 0.15) is 75.1 Å². The first-order valence-corrected chi connectivity index (χ1v) is 9.60. The number of aromatic nitrogens is 1. The van der Waals surface area contributed by atoms with Crippen LogP contribution in [-0.4, -0.2) is 4.98 Å². The SMILES string of the molecule is CC(C)(C)c1ccc2c(c1)C=CC2.CC(C)(C)c1cnc2c(c1)C=CC2. The third-order valence-corrected chi connectivity index (χ3v) is 5.13. The van der Waals surface area contributed by atoms with E-state index in [-0.39, 0.29) is 10.8 Å². The molecule has 2 aromatic rings. The number of allylic oxidation sites excluding steroid dienone is 2. The van der Waals surface area contributed by atoms with E-state index in [1.807, 2.05) is 6.20 Å². The van der Waals surface area contributed by atoms with Gasteiger partial charge in [0.25, 0.3) is 0 Å². The Balaban J connectivity index is 0.000000151. The third kappa shape index (κ3) is 4.15. The van der Waals surface area contributed by atoms with Gasteiger partial charge in [0, 0.05) is 12.6 Å². The van der Waals surface area contributed by atoms with Crippen molar-refractivity contribution < 1.29 is 0 Å². The Kier molecular flexibility index (Phi) is 4.92. The van der Waals surface area contributed by atoms with E-state index in [0.29, 0.717) is 0 Å². The normalized spacial score (nSPS) is 14.7. The lowest BCUT2D eigenvalue weighted by molar-refractivity contribution is 0.586. The molecule has 0 fully saturated rings. The molecule has 1 aromatic heterocycles. The molecule has 0 atom stereocenters. The van der Waals surface area contributed by atoms with Gasteiger partial charge >= 0.3 is 0 Å². The van der Waals surface area contributed by atoms with Gasteiger partial charge in [-0.15, -0.1) is 0 Å². The van der Waals surface area contributed by atoms with Crippen LogP contribution in [0.4, 0.5) is 0 Å². The number of hydrogen-bond donors (Lipinski definition) is 0. The highest BCUT2D eigenvalue weighted by atomic mass is 14.7. The van der Waals surface area contributed by atoms with Gasteiger partial charge in [-0.2, -0.15) is 0 Å². The van der Waals surface area contributed by atoms with Crippen LogP contribution in [0.15, 0.2) is 42.6 Å². The van der Waals surface area contributed by atoms with Crippen molar-refractivity contribution in [2.45, 2.75) is 65.2 Å². The predicted molar refractivity (Wildman–Crippen MR) is 114 cm³/mol. The summed E-state index contributed by atoms with van der Waals surface area (Å²) in [5.41, 5.74) is 8.61. The first kappa shape index (κ1) is 18.6. The van der Waals surface area contributed by atoms with Crippen molar-refractivity contribution in [3.8, 4) is 0 Å². The summed E-state index contributed by atoms with van der Waals surface area (Å²) in [6, 6.07) is 9.09. The number of pyridine rings is 1. The second kappa shape index (κ2) is 6.87. The van der Waals surface area contributed by atoms with Crippen LogP contribution >= 0.6 is 0 Å². The number of hydrogen-bond acceptors (Lipinski definition) is 1. The highest BCUT2D eigenvalue weighted by molar-refractivity contribution is 5.61. The summed E-state index contributed by atoms with van der Waals surface area (Å²) in [4.78, 5) is 4.46. The Hall–Kier alpha value is -2.15. The Morgan fingerprint density at radius 1 is 0.731 bits per heavy atom. The zero-order valence-corrected chi connectivity index (χ0v) is 17.1. The first-order valence-electron chi connectivity index (χ1n) is 9.60. The molecule has 0 N–H and O–H groups in total. The summed E-state index contributed by atoms with van der Waals surface area (Å²) in [5.74, 6) is 0. The van der Waals surface area contributed by atoms with E-state index in [4.69, 9.17) is 0 Å². The molecular weight excluding hydrogens is 314 g/mol. The number of benzene rings is 1. The number of rotatable bonds is 0. The van der Waals surface area contributed by atoms with Gasteiger partial charge in [0.1, 0.15) is 0 Å². The molecule has 0 radical (unpaired) electrons. The van der Waals surface area contributed by atoms with Gasteiger partial charge < -0.3 is 0 Å². The molecule has 0 amide bonds. The molecule has 0 saturated carbocycles. The standard InChI is InChI=1S/C13H16.C12H15N/c1-13(2,3)12-8-7-10-5-4-6-11(10)9-12;1-12(2,3)10-7-9-5-4-6-11(9)13-8-10/h4,6-9H,5H2,1-3H3;4-5,7-8H,6H2,1-3H3. The van der Waals surface area contributed by atoms with Crippen LogP contribution in [0, 0.1) is 0 Å². The van der Waals surface area contributed by atoms with Crippen molar-refractivity contribution in [2.75, 3.05) is 0 Å². The zero-order chi connectivity index (χ0) is 18.9. The molecule has 1 heteroatoms. The highest BCUT2D eigenvalue weighted by Crippen LogP contribution is 2.28. The molecule has 1 heterocycles. The number of nitrogens with zero attached hydrogens (tertiary/aromatic N) is 1. The van der Waals surface area contributed by atoms with Gasteiger partial charge in [0.15, 0.2) is 0 Å². The van der Waals surface area contributed by atoms with Gasteiger partial charge in [-0.05, 0) is 51.1 Å². The summed E-state index contributed by atoms with van der Waals surface area (Å²) in [5, 5.41) is 0. The van der Waals surface area contributed by atoms with Crippen molar-refractivity contribution in [3.05, 3.63) is 76.1 Å².